The number of aryl methyl sites for hydroxylation is 3. The van der Waals surface area contributed by atoms with Crippen molar-refractivity contribution in [1.82, 2.24) is 0 Å². The summed E-state index contributed by atoms with van der Waals surface area (Å²) in [4.78, 5) is 0. The Labute approximate surface area is 195 Å². The molecule has 0 N–H and O–H groups in total. The Morgan fingerprint density at radius 1 is 0.438 bits per heavy atom. The van der Waals surface area contributed by atoms with Gasteiger partial charge < -0.3 is 0 Å². The van der Waals surface area contributed by atoms with Gasteiger partial charge in [-0.15, -0.1) is 0 Å². The SMILES string of the molecule is Cc1cc(C)c(-c2c(P(c3ccccc3)c3ccccc3)cc(C)c(C)c2C)c(C)c1C. The number of rotatable bonds is 4. The summed E-state index contributed by atoms with van der Waals surface area (Å²) in [6.45, 7) is 15.9. The van der Waals surface area contributed by atoms with E-state index in [0.29, 0.717) is 0 Å². The molecule has 0 nitrogen and oxygen atoms in total. The van der Waals surface area contributed by atoms with Gasteiger partial charge in [0.1, 0.15) is 0 Å². The summed E-state index contributed by atoms with van der Waals surface area (Å²) in [7, 11) is -0.677. The normalized spacial score (nSPS) is 11.2. The van der Waals surface area contributed by atoms with Crippen LogP contribution in [0.4, 0.5) is 0 Å². The molecule has 0 aliphatic carbocycles. The summed E-state index contributed by atoms with van der Waals surface area (Å²) in [5, 5.41) is 4.26. The Morgan fingerprint density at radius 2 is 0.875 bits per heavy atom. The highest BCUT2D eigenvalue weighted by Gasteiger charge is 2.25. The summed E-state index contributed by atoms with van der Waals surface area (Å²) in [5.41, 5.74) is 12.6. The summed E-state index contributed by atoms with van der Waals surface area (Å²) < 4.78 is 0. The first kappa shape index (κ1) is 22.5. The summed E-state index contributed by atoms with van der Waals surface area (Å²) in [6.07, 6.45) is 0. The van der Waals surface area contributed by atoms with Gasteiger partial charge in [-0.05, 0) is 122 Å². The Hall–Kier alpha value is -2.69. The lowest BCUT2D eigenvalue weighted by Gasteiger charge is -2.28. The van der Waals surface area contributed by atoms with Gasteiger partial charge in [0.15, 0.2) is 0 Å². The smallest absolute Gasteiger partial charge is 0.00628 e. The van der Waals surface area contributed by atoms with Gasteiger partial charge in [0, 0.05) is 0 Å². The first-order chi connectivity index (χ1) is 15.3. The second-order valence-corrected chi connectivity index (χ2v) is 11.2. The maximum absolute atomic E-state index is 2.47. The molecule has 0 unspecified atom stereocenters. The molecule has 4 rings (SSSR count). The van der Waals surface area contributed by atoms with Crippen LogP contribution in [0.3, 0.4) is 0 Å². The van der Waals surface area contributed by atoms with Crippen LogP contribution in [0, 0.1) is 48.5 Å². The van der Waals surface area contributed by atoms with Crippen LogP contribution in [-0.2, 0) is 0 Å². The molecule has 0 amide bonds. The zero-order valence-corrected chi connectivity index (χ0v) is 21.3. The van der Waals surface area contributed by atoms with E-state index in [4.69, 9.17) is 0 Å². The van der Waals surface area contributed by atoms with Crippen molar-refractivity contribution in [3.63, 3.8) is 0 Å². The van der Waals surface area contributed by atoms with Crippen LogP contribution < -0.4 is 15.9 Å². The van der Waals surface area contributed by atoms with Crippen LogP contribution in [-0.4, -0.2) is 0 Å². The van der Waals surface area contributed by atoms with Crippen LogP contribution in [0.25, 0.3) is 11.1 Å². The van der Waals surface area contributed by atoms with E-state index in [0.717, 1.165) is 0 Å². The van der Waals surface area contributed by atoms with E-state index in [2.05, 4.69) is 121 Å². The first-order valence-electron chi connectivity index (χ1n) is 11.4. The quantitative estimate of drug-likeness (QED) is 0.295. The average molecular weight is 437 g/mol. The van der Waals surface area contributed by atoms with Gasteiger partial charge in [-0.25, -0.2) is 0 Å². The molecular weight excluding hydrogens is 403 g/mol. The molecule has 0 fully saturated rings. The highest BCUT2D eigenvalue weighted by Crippen LogP contribution is 2.42. The molecule has 0 radical (unpaired) electrons. The lowest BCUT2D eigenvalue weighted by atomic mass is 9.86. The van der Waals surface area contributed by atoms with Crippen molar-refractivity contribution >= 4 is 23.8 Å². The van der Waals surface area contributed by atoms with E-state index in [1.54, 1.807) is 0 Å². The second kappa shape index (κ2) is 9.05. The fraction of sp³-hybridized carbons (Fsp3) is 0.226. The number of hydrogen-bond donors (Lipinski definition) is 0. The van der Waals surface area contributed by atoms with Crippen LogP contribution in [0.5, 0.6) is 0 Å². The van der Waals surface area contributed by atoms with Crippen molar-refractivity contribution in [1.29, 1.82) is 0 Å². The number of hydrogen-bond acceptors (Lipinski definition) is 0. The molecule has 0 saturated carbocycles. The van der Waals surface area contributed by atoms with Gasteiger partial charge in [-0.3, -0.25) is 0 Å². The van der Waals surface area contributed by atoms with Gasteiger partial charge in [-0.1, -0.05) is 72.8 Å². The lowest BCUT2D eigenvalue weighted by Crippen LogP contribution is -2.24. The standard InChI is InChI=1S/C31H33P/c1-20-18-22(3)30(25(6)23(20)4)31-26(7)24(5)21(2)19-29(31)32(27-14-10-8-11-15-27)28-16-12-9-13-17-28/h8-19H,1-7H3. The molecule has 1 heteroatoms. The van der Waals surface area contributed by atoms with E-state index in [1.807, 2.05) is 0 Å². The Bertz CT molecular complexity index is 1230. The summed E-state index contributed by atoms with van der Waals surface area (Å²) in [6, 6.07) is 27.0. The summed E-state index contributed by atoms with van der Waals surface area (Å²) >= 11 is 0. The molecule has 0 saturated heterocycles. The van der Waals surface area contributed by atoms with Crippen LogP contribution in [0.1, 0.15) is 38.9 Å². The van der Waals surface area contributed by atoms with Gasteiger partial charge in [-0.2, -0.15) is 0 Å². The average Bonchev–Trinajstić information content (AvgIpc) is 2.79. The first-order valence-corrected chi connectivity index (χ1v) is 12.7. The Kier molecular flexibility index (Phi) is 6.36. The van der Waals surface area contributed by atoms with Crippen LogP contribution >= 0.6 is 7.92 Å². The monoisotopic (exact) mass is 436 g/mol. The van der Waals surface area contributed by atoms with E-state index >= 15 is 0 Å². The van der Waals surface area contributed by atoms with Gasteiger partial charge in [0.2, 0.25) is 0 Å². The third kappa shape index (κ3) is 3.94. The second-order valence-electron chi connectivity index (χ2n) is 8.98. The number of benzene rings is 4. The van der Waals surface area contributed by atoms with Crippen LogP contribution in [0.2, 0.25) is 0 Å². The molecule has 0 aliphatic rings. The third-order valence-corrected chi connectivity index (χ3v) is 9.48. The maximum atomic E-state index is 2.47. The maximum Gasteiger partial charge on any atom is -0.00628 e. The molecule has 0 aliphatic heterocycles. The molecule has 0 bridgehead atoms. The molecule has 0 heterocycles. The zero-order chi connectivity index (χ0) is 23.0. The Balaban J connectivity index is 2.13. The minimum absolute atomic E-state index is 0.677. The molecular formula is C31H33P. The van der Waals surface area contributed by atoms with Gasteiger partial charge in [0.25, 0.3) is 0 Å². The molecule has 0 spiro atoms. The minimum atomic E-state index is -0.677. The fourth-order valence-electron chi connectivity index (χ4n) is 4.80. The van der Waals surface area contributed by atoms with E-state index in [9.17, 15) is 0 Å². The fourth-order valence-corrected chi connectivity index (χ4v) is 7.42. The largest absolute Gasteiger partial charge is 0.0622 e. The molecule has 0 atom stereocenters. The predicted molar refractivity (Wildman–Crippen MR) is 144 cm³/mol. The van der Waals surface area contributed by atoms with Gasteiger partial charge >= 0.3 is 0 Å². The topological polar surface area (TPSA) is 0 Å². The third-order valence-electron chi connectivity index (χ3n) is 7.01. The lowest BCUT2D eigenvalue weighted by molar-refractivity contribution is 1.22. The van der Waals surface area contributed by atoms with Crippen LogP contribution in [0.15, 0.2) is 72.8 Å². The zero-order valence-electron chi connectivity index (χ0n) is 20.4. The molecule has 32 heavy (non-hydrogen) atoms. The van der Waals surface area contributed by atoms with E-state index in [1.165, 1.54) is 66.0 Å². The Morgan fingerprint density at radius 3 is 1.38 bits per heavy atom. The molecule has 4 aromatic rings. The molecule has 162 valence electrons. The van der Waals surface area contributed by atoms with Crippen molar-refractivity contribution in [3.05, 3.63) is 112 Å². The minimum Gasteiger partial charge on any atom is -0.0622 e. The van der Waals surface area contributed by atoms with Crippen molar-refractivity contribution in [2.75, 3.05) is 0 Å². The van der Waals surface area contributed by atoms with E-state index < -0.39 is 7.92 Å². The van der Waals surface area contributed by atoms with Crippen molar-refractivity contribution in [2.45, 2.75) is 48.5 Å². The van der Waals surface area contributed by atoms with Crippen molar-refractivity contribution in [2.24, 2.45) is 0 Å². The molecule has 0 aromatic heterocycles. The molecule has 4 aromatic carbocycles. The highest BCUT2D eigenvalue weighted by atomic mass is 31.1. The van der Waals surface area contributed by atoms with Crippen molar-refractivity contribution in [3.8, 4) is 11.1 Å². The predicted octanol–water partition coefficient (Wildman–Crippen LogP) is 7.27. The summed E-state index contributed by atoms with van der Waals surface area (Å²) in [5.74, 6) is 0. The highest BCUT2D eigenvalue weighted by molar-refractivity contribution is 7.80. The van der Waals surface area contributed by atoms with Crippen molar-refractivity contribution < 1.29 is 0 Å². The van der Waals surface area contributed by atoms with E-state index in [-0.39, 0.29) is 0 Å². The van der Waals surface area contributed by atoms with Gasteiger partial charge in [0.05, 0.1) is 0 Å².